The molecule has 0 aliphatic carbocycles. The van der Waals surface area contributed by atoms with Crippen LogP contribution in [-0.4, -0.2) is 32.0 Å². The fourth-order valence-electron chi connectivity index (χ4n) is 4.38. The largest absolute Gasteiger partial charge is 0.497 e. The van der Waals surface area contributed by atoms with Crippen LogP contribution in [0, 0.1) is 6.92 Å². The molecule has 4 aromatic rings. The van der Waals surface area contributed by atoms with Gasteiger partial charge in [-0.25, -0.2) is 17.7 Å². The van der Waals surface area contributed by atoms with Gasteiger partial charge >= 0.3 is 0 Å². The second kappa shape index (κ2) is 9.32. The molecule has 2 aromatic carbocycles. The third-order valence-electron chi connectivity index (χ3n) is 6.24. The van der Waals surface area contributed by atoms with Gasteiger partial charge in [-0.3, -0.25) is 4.98 Å². The summed E-state index contributed by atoms with van der Waals surface area (Å²) in [6.07, 6.45) is 5.53. The van der Waals surface area contributed by atoms with E-state index in [4.69, 9.17) is 4.74 Å². The average molecular weight is 495 g/mol. The van der Waals surface area contributed by atoms with Crippen LogP contribution in [0.1, 0.15) is 35.7 Å². The minimum absolute atomic E-state index is 0.178. The van der Waals surface area contributed by atoms with E-state index in [0.717, 1.165) is 52.7 Å². The highest BCUT2D eigenvalue weighted by atomic mass is 32.2. The second-order valence-corrected chi connectivity index (χ2v) is 11.1. The molecular weight excluding hydrogens is 468 g/mol. The molecule has 176 valence electrons. The molecular formula is C25H26N4O3S2. The van der Waals surface area contributed by atoms with Crippen LogP contribution in [0.4, 0.5) is 5.13 Å². The van der Waals surface area contributed by atoms with Gasteiger partial charge in [0.2, 0.25) is 0 Å². The van der Waals surface area contributed by atoms with Gasteiger partial charge in [-0.2, -0.15) is 0 Å². The van der Waals surface area contributed by atoms with Gasteiger partial charge in [-0.05, 0) is 73.2 Å². The molecule has 1 fully saturated rings. The fraction of sp³-hybridized carbons (Fsp3) is 0.280. The van der Waals surface area contributed by atoms with Crippen LogP contribution >= 0.6 is 11.3 Å². The summed E-state index contributed by atoms with van der Waals surface area (Å²) in [6, 6.07) is 13.0. The number of hydrogen-bond acceptors (Lipinski definition) is 7. The Morgan fingerprint density at radius 3 is 2.74 bits per heavy atom. The van der Waals surface area contributed by atoms with Crippen molar-refractivity contribution in [1.82, 2.24) is 15.3 Å². The standard InChI is InChI=1S/C25H26N4O3S2/c1-17-14-20(32-2)6-5-19(17)16-29(25-28-12-13-33-25)34(30,31)21-7-8-22-18(15-21)9-11-27-24(22)23-4-3-10-26-23/h5-9,11-15,23,26H,3-4,10,16H2,1-2H3. The summed E-state index contributed by atoms with van der Waals surface area (Å²) in [5.41, 5.74) is 2.82. The lowest BCUT2D eigenvalue weighted by atomic mass is 10.0. The second-order valence-electron chi connectivity index (χ2n) is 8.35. The van der Waals surface area contributed by atoms with Crippen molar-refractivity contribution in [3.8, 4) is 5.75 Å². The highest BCUT2D eigenvalue weighted by Gasteiger charge is 2.28. The quantitative estimate of drug-likeness (QED) is 0.396. The van der Waals surface area contributed by atoms with E-state index in [1.165, 1.54) is 15.6 Å². The number of nitrogens with one attached hydrogen (secondary N) is 1. The summed E-state index contributed by atoms with van der Waals surface area (Å²) in [6.45, 7) is 3.10. The molecule has 0 radical (unpaired) electrons. The maximum absolute atomic E-state index is 13.9. The normalized spacial score (nSPS) is 16.1. The summed E-state index contributed by atoms with van der Waals surface area (Å²) in [4.78, 5) is 9.15. The Hall–Kier alpha value is -3.01. The Labute approximate surface area is 203 Å². The van der Waals surface area contributed by atoms with E-state index in [0.29, 0.717) is 5.13 Å². The van der Waals surface area contributed by atoms with Gasteiger partial charge in [0.15, 0.2) is 5.13 Å². The third kappa shape index (κ3) is 4.26. The van der Waals surface area contributed by atoms with Crippen molar-refractivity contribution in [2.45, 2.75) is 37.2 Å². The molecule has 1 N–H and O–H groups in total. The zero-order chi connectivity index (χ0) is 23.7. The van der Waals surface area contributed by atoms with E-state index in [-0.39, 0.29) is 17.5 Å². The van der Waals surface area contributed by atoms with Gasteiger partial charge in [-0.1, -0.05) is 12.1 Å². The van der Waals surface area contributed by atoms with Crippen molar-refractivity contribution in [2.75, 3.05) is 18.0 Å². The maximum atomic E-state index is 13.9. The van der Waals surface area contributed by atoms with Crippen LogP contribution in [0.2, 0.25) is 0 Å². The number of nitrogens with zero attached hydrogens (tertiary/aromatic N) is 3. The predicted molar refractivity (Wildman–Crippen MR) is 135 cm³/mol. The van der Waals surface area contributed by atoms with Crippen LogP contribution in [0.15, 0.2) is 65.1 Å². The first-order valence-corrected chi connectivity index (χ1v) is 13.5. The van der Waals surface area contributed by atoms with Gasteiger partial charge in [0.05, 0.1) is 30.3 Å². The molecule has 5 rings (SSSR count). The van der Waals surface area contributed by atoms with Crippen LogP contribution in [0.25, 0.3) is 10.8 Å². The average Bonchev–Trinajstić information content (AvgIpc) is 3.57. The first-order valence-electron chi connectivity index (χ1n) is 11.1. The first kappa shape index (κ1) is 22.8. The molecule has 2 aromatic heterocycles. The lowest BCUT2D eigenvalue weighted by Gasteiger charge is -2.23. The van der Waals surface area contributed by atoms with E-state index in [9.17, 15) is 8.42 Å². The Balaban J connectivity index is 1.55. The topological polar surface area (TPSA) is 84.4 Å². The summed E-state index contributed by atoms with van der Waals surface area (Å²) in [5.74, 6) is 0.737. The molecule has 1 aliphatic rings. The molecule has 1 aliphatic heterocycles. The van der Waals surface area contributed by atoms with E-state index in [1.807, 2.05) is 37.3 Å². The minimum atomic E-state index is -3.86. The fourth-order valence-corrected chi connectivity index (χ4v) is 6.69. The van der Waals surface area contributed by atoms with Crippen LogP contribution in [0.5, 0.6) is 5.75 Å². The number of ether oxygens (including phenoxy) is 1. The smallest absolute Gasteiger partial charge is 0.266 e. The van der Waals surface area contributed by atoms with E-state index in [2.05, 4.69) is 15.3 Å². The number of rotatable bonds is 7. The summed E-state index contributed by atoms with van der Waals surface area (Å²) >= 11 is 1.30. The minimum Gasteiger partial charge on any atom is -0.497 e. The molecule has 7 nitrogen and oxygen atoms in total. The Bertz CT molecular complexity index is 1420. The number of benzene rings is 2. The van der Waals surface area contributed by atoms with Gasteiger partial charge < -0.3 is 10.1 Å². The molecule has 0 spiro atoms. The highest BCUT2D eigenvalue weighted by Crippen LogP contribution is 2.33. The number of aromatic nitrogens is 2. The maximum Gasteiger partial charge on any atom is 0.266 e. The Morgan fingerprint density at radius 1 is 1.15 bits per heavy atom. The molecule has 0 bridgehead atoms. The van der Waals surface area contributed by atoms with E-state index >= 15 is 0 Å². The van der Waals surface area contributed by atoms with E-state index in [1.54, 1.807) is 37.0 Å². The van der Waals surface area contributed by atoms with Crippen molar-refractivity contribution >= 4 is 37.3 Å². The number of fused-ring (bicyclic) bond motifs is 1. The lowest BCUT2D eigenvalue weighted by molar-refractivity contribution is 0.414. The Kier molecular flexibility index (Phi) is 6.24. The Morgan fingerprint density at radius 2 is 2.03 bits per heavy atom. The molecule has 0 saturated carbocycles. The van der Waals surface area contributed by atoms with Crippen molar-refractivity contribution in [1.29, 1.82) is 0 Å². The monoisotopic (exact) mass is 494 g/mol. The predicted octanol–water partition coefficient (Wildman–Crippen LogP) is 4.83. The number of pyridine rings is 1. The molecule has 34 heavy (non-hydrogen) atoms. The van der Waals surface area contributed by atoms with Crippen molar-refractivity contribution in [3.05, 3.63) is 77.1 Å². The van der Waals surface area contributed by atoms with Crippen LogP contribution in [-0.2, 0) is 16.6 Å². The first-order chi connectivity index (χ1) is 16.5. The number of hydrogen-bond donors (Lipinski definition) is 1. The molecule has 0 amide bonds. The molecule has 1 saturated heterocycles. The zero-order valence-electron chi connectivity index (χ0n) is 19.1. The molecule has 1 atom stereocenters. The SMILES string of the molecule is COc1ccc(CN(c2nccs2)S(=O)(=O)c2ccc3c(C4CCCN4)nccc3c2)c(C)c1. The number of anilines is 1. The van der Waals surface area contributed by atoms with Crippen LogP contribution < -0.4 is 14.4 Å². The number of sulfonamides is 1. The summed E-state index contributed by atoms with van der Waals surface area (Å²) in [7, 11) is -2.25. The lowest BCUT2D eigenvalue weighted by Crippen LogP contribution is -2.30. The third-order valence-corrected chi connectivity index (χ3v) is 8.88. The number of aryl methyl sites for hydroxylation is 1. The van der Waals surface area contributed by atoms with Gasteiger partial charge in [0, 0.05) is 23.2 Å². The molecule has 1 unspecified atom stereocenters. The van der Waals surface area contributed by atoms with Crippen molar-refractivity contribution in [3.63, 3.8) is 0 Å². The zero-order valence-corrected chi connectivity index (χ0v) is 20.7. The van der Waals surface area contributed by atoms with Gasteiger partial charge in [0.1, 0.15) is 5.75 Å². The highest BCUT2D eigenvalue weighted by molar-refractivity contribution is 7.93. The number of methoxy groups -OCH3 is 1. The summed E-state index contributed by atoms with van der Waals surface area (Å²) < 4.78 is 34.5. The van der Waals surface area contributed by atoms with Gasteiger partial charge in [-0.15, -0.1) is 11.3 Å². The molecule has 9 heteroatoms. The van der Waals surface area contributed by atoms with Gasteiger partial charge in [0.25, 0.3) is 10.0 Å². The summed E-state index contributed by atoms with van der Waals surface area (Å²) in [5, 5.41) is 7.54. The van der Waals surface area contributed by atoms with Crippen molar-refractivity contribution in [2.24, 2.45) is 0 Å². The van der Waals surface area contributed by atoms with E-state index < -0.39 is 10.0 Å². The molecule has 3 heterocycles. The van der Waals surface area contributed by atoms with Crippen LogP contribution in [0.3, 0.4) is 0 Å². The van der Waals surface area contributed by atoms with Crippen molar-refractivity contribution < 1.29 is 13.2 Å². The number of thiazole rings is 1.